The number of hydrogen-bond donors (Lipinski definition) is 1. The van der Waals surface area contributed by atoms with Crippen LogP contribution in [-0.4, -0.2) is 56.2 Å². The standard InChI is InChI=1S/C36H46N5O2Si/c1-36(2,3)44(31-14-8-5-9-15-31,32-16-10-6-11-17-32)43-25-24-41-23-13-7-12-22-40(41)35-33(27-41)34(38-28-39-35)37-26-29-18-20-30(42-4)21-19-29/h5-6,8-11,14-21,28H,7,12-13,22-27H2,1-4H3,(H,37,38,39)/q+1. The van der Waals surface area contributed by atoms with E-state index in [1.807, 2.05) is 12.1 Å². The zero-order valence-electron chi connectivity index (χ0n) is 26.6. The van der Waals surface area contributed by atoms with Crippen LogP contribution in [0.3, 0.4) is 0 Å². The molecule has 2 aliphatic heterocycles. The lowest BCUT2D eigenvalue weighted by atomic mass is 10.2. The quantitative estimate of drug-likeness (QED) is 0.179. The normalized spacial score (nSPS) is 18.3. The van der Waals surface area contributed by atoms with Gasteiger partial charge in [0.25, 0.3) is 8.32 Å². The molecule has 1 atom stereocenters. The van der Waals surface area contributed by atoms with Crippen LogP contribution in [0.25, 0.3) is 0 Å². The fraction of sp³-hybridized carbons (Fsp3) is 0.389. The molecule has 0 amide bonds. The molecular weight excluding hydrogens is 563 g/mol. The number of nitrogens with zero attached hydrogens (tertiary/aromatic N) is 4. The molecule has 6 rings (SSSR count). The summed E-state index contributed by atoms with van der Waals surface area (Å²) in [5.41, 5.74) is 2.40. The molecule has 7 nitrogen and oxygen atoms in total. The van der Waals surface area contributed by atoms with Gasteiger partial charge in [-0.15, -0.1) is 0 Å². The van der Waals surface area contributed by atoms with Gasteiger partial charge in [-0.25, -0.2) is 19.6 Å². The summed E-state index contributed by atoms with van der Waals surface area (Å²) in [5.74, 6) is 2.87. The highest BCUT2D eigenvalue weighted by atomic mass is 28.4. The van der Waals surface area contributed by atoms with E-state index in [2.05, 4.69) is 104 Å². The van der Waals surface area contributed by atoms with E-state index in [4.69, 9.17) is 19.1 Å². The summed E-state index contributed by atoms with van der Waals surface area (Å²) in [6.45, 7) is 12.3. The summed E-state index contributed by atoms with van der Waals surface area (Å²) in [6, 6.07) is 30.1. The molecule has 2 aliphatic rings. The minimum atomic E-state index is -2.62. The maximum absolute atomic E-state index is 7.40. The minimum absolute atomic E-state index is 0.0494. The predicted molar refractivity (Wildman–Crippen MR) is 181 cm³/mol. The number of aromatic nitrogens is 2. The van der Waals surface area contributed by atoms with E-state index in [1.165, 1.54) is 40.8 Å². The second-order valence-corrected chi connectivity index (χ2v) is 17.4. The average Bonchev–Trinajstić information content (AvgIpc) is 3.21. The van der Waals surface area contributed by atoms with Crippen molar-refractivity contribution in [3.05, 3.63) is 102 Å². The highest BCUT2D eigenvalue weighted by Crippen LogP contribution is 2.41. The van der Waals surface area contributed by atoms with Crippen molar-refractivity contribution in [3.8, 4) is 5.75 Å². The van der Waals surface area contributed by atoms with Crippen LogP contribution in [0, 0.1) is 0 Å². The van der Waals surface area contributed by atoms with E-state index < -0.39 is 8.32 Å². The number of ether oxygens (including phenoxy) is 1. The van der Waals surface area contributed by atoms with Crippen LogP contribution in [0.1, 0.15) is 51.2 Å². The highest BCUT2D eigenvalue weighted by molar-refractivity contribution is 6.99. The number of methoxy groups -OCH3 is 1. The maximum atomic E-state index is 7.40. The third-order valence-corrected chi connectivity index (χ3v) is 14.5. The summed E-state index contributed by atoms with van der Waals surface area (Å²) < 4.78 is 13.6. The molecular formula is C36H46N5O2Si+. The van der Waals surface area contributed by atoms with E-state index in [9.17, 15) is 0 Å². The Morgan fingerprint density at radius 2 is 1.55 bits per heavy atom. The van der Waals surface area contributed by atoms with Gasteiger partial charge >= 0.3 is 0 Å². The van der Waals surface area contributed by atoms with Crippen molar-refractivity contribution in [2.45, 2.75) is 58.2 Å². The van der Waals surface area contributed by atoms with E-state index in [0.29, 0.717) is 13.2 Å². The lowest BCUT2D eigenvalue weighted by Gasteiger charge is -2.45. The Morgan fingerprint density at radius 1 is 0.864 bits per heavy atom. The summed E-state index contributed by atoms with van der Waals surface area (Å²) in [7, 11) is -0.923. The molecule has 0 radical (unpaired) electrons. The molecule has 1 unspecified atom stereocenters. The fourth-order valence-corrected chi connectivity index (χ4v) is 11.8. The van der Waals surface area contributed by atoms with Gasteiger partial charge in [0, 0.05) is 6.54 Å². The van der Waals surface area contributed by atoms with Crippen LogP contribution in [0.4, 0.5) is 11.6 Å². The zero-order chi connectivity index (χ0) is 30.6. The fourth-order valence-electron chi connectivity index (χ4n) is 7.24. The van der Waals surface area contributed by atoms with E-state index >= 15 is 0 Å². The molecule has 230 valence electrons. The van der Waals surface area contributed by atoms with Gasteiger partial charge in [0.15, 0.2) is 5.82 Å². The summed E-state index contributed by atoms with van der Waals surface area (Å²) in [6.07, 6.45) is 5.34. The third kappa shape index (κ3) is 5.74. The Hall–Kier alpha value is -3.72. The molecule has 0 saturated carbocycles. The van der Waals surface area contributed by atoms with Crippen molar-refractivity contribution in [1.29, 1.82) is 0 Å². The summed E-state index contributed by atoms with van der Waals surface area (Å²) in [4.78, 5) is 9.61. The Kier molecular flexibility index (Phi) is 8.76. The van der Waals surface area contributed by atoms with Gasteiger partial charge in [0.05, 0.1) is 25.8 Å². The van der Waals surface area contributed by atoms with Crippen LogP contribution >= 0.6 is 0 Å². The van der Waals surface area contributed by atoms with Crippen LogP contribution in [0.5, 0.6) is 5.75 Å². The molecule has 1 fully saturated rings. The Labute approximate surface area is 263 Å². The first-order valence-electron chi connectivity index (χ1n) is 16.0. The number of rotatable bonds is 10. The van der Waals surface area contributed by atoms with E-state index in [1.54, 1.807) is 13.4 Å². The SMILES string of the molecule is COc1ccc(CNc2ncnc3c2C[N+]2(CCO[Si](c4ccccc4)(c4ccccc4)C(C)(C)C)CCCCCN32)cc1. The first kappa shape index (κ1) is 30.3. The Bertz CT molecular complexity index is 1490. The molecule has 3 heterocycles. The van der Waals surface area contributed by atoms with Crippen LogP contribution in [0.15, 0.2) is 91.3 Å². The van der Waals surface area contributed by atoms with Crippen LogP contribution in [0.2, 0.25) is 5.04 Å². The van der Waals surface area contributed by atoms with Crippen LogP contribution < -0.4 is 25.4 Å². The maximum Gasteiger partial charge on any atom is 0.261 e. The third-order valence-electron chi connectivity index (χ3n) is 9.44. The van der Waals surface area contributed by atoms with Gasteiger partial charge in [-0.1, -0.05) is 93.6 Å². The number of fused-ring (bicyclic) bond motifs is 3. The molecule has 1 saturated heterocycles. The van der Waals surface area contributed by atoms with Gasteiger partial charge in [-0.3, -0.25) is 0 Å². The van der Waals surface area contributed by atoms with Crippen molar-refractivity contribution in [2.75, 3.05) is 43.7 Å². The van der Waals surface area contributed by atoms with Gasteiger partial charge in [0.2, 0.25) is 0 Å². The number of anilines is 2. The van der Waals surface area contributed by atoms with Gasteiger partial charge in [-0.2, -0.15) is 0 Å². The lowest BCUT2D eigenvalue weighted by Crippen LogP contribution is -2.67. The topological polar surface area (TPSA) is 59.5 Å². The van der Waals surface area contributed by atoms with Crippen molar-refractivity contribution in [2.24, 2.45) is 0 Å². The molecule has 1 N–H and O–H groups in total. The summed E-state index contributed by atoms with van der Waals surface area (Å²) >= 11 is 0. The van der Waals surface area contributed by atoms with Crippen molar-refractivity contribution >= 4 is 30.3 Å². The number of nitrogens with one attached hydrogen (secondary N) is 1. The average molecular weight is 609 g/mol. The smallest absolute Gasteiger partial charge is 0.261 e. The summed E-state index contributed by atoms with van der Waals surface area (Å²) in [5, 5.41) is 8.79. The first-order valence-corrected chi connectivity index (χ1v) is 17.9. The number of hydrogen-bond acceptors (Lipinski definition) is 6. The number of benzene rings is 3. The zero-order valence-corrected chi connectivity index (χ0v) is 27.6. The Balaban J connectivity index is 1.28. The molecule has 44 heavy (non-hydrogen) atoms. The molecule has 0 spiro atoms. The van der Waals surface area contributed by atoms with Crippen molar-refractivity contribution < 1.29 is 13.8 Å². The second-order valence-electron chi connectivity index (χ2n) is 13.1. The van der Waals surface area contributed by atoms with Gasteiger partial charge in [-0.05, 0) is 52.4 Å². The molecule has 0 aliphatic carbocycles. The number of quaternary nitrogens is 1. The highest BCUT2D eigenvalue weighted by Gasteiger charge is 2.52. The van der Waals surface area contributed by atoms with E-state index in [-0.39, 0.29) is 5.04 Å². The molecule has 4 aromatic rings. The minimum Gasteiger partial charge on any atom is -0.497 e. The predicted octanol–water partition coefficient (Wildman–Crippen LogP) is 5.91. The molecule has 0 bridgehead atoms. The van der Waals surface area contributed by atoms with Gasteiger partial charge < -0.3 is 14.5 Å². The van der Waals surface area contributed by atoms with Crippen molar-refractivity contribution in [3.63, 3.8) is 0 Å². The lowest BCUT2D eigenvalue weighted by molar-refractivity contribution is -0.942. The molecule has 8 heteroatoms. The molecule has 1 aromatic heterocycles. The first-order chi connectivity index (χ1) is 21.4. The van der Waals surface area contributed by atoms with Crippen molar-refractivity contribution in [1.82, 2.24) is 9.97 Å². The Morgan fingerprint density at radius 3 is 2.18 bits per heavy atom. The van der Waals surface area contributed by atoms with Crippen LogP contribution in [-0.2, 0) is 17.5 Å². The monoisotopic (exact) mass is 608 g/mol. The van der Waals surface area contributed by atoms with Gasteiger partial charge in [0.1, 0.15) is 37.5 Å². The largest absolute Gasteiger partial charge is 0.497 e. The molecule has 3 aromatic carbocycles. The second kappa shape index (κ2) is 12.7. The van der Waals surface area contributed by atoms with E-state index in [0.717, 1.165) is 48.2 Å².